The molecule has 0 spiro atoms. The molecule has 142 valence electrons. The van der Waals surface area contributed by atoms with Crippen LogP contribution in [-0.4, -0.2) is 21.4 Å². The second kappa shape index (κ2) is 9.94. The summed E-state index contributed by atoms with van der Waals surface area (Å²) >= 11 is 26.0. The first-order chi connectivity index (χ1) is 13.0. The SMILES string of the molecule is Clc1ccc(OCC(Cn2ccnc2)SCc2ccc(Cl)c(Cl)c2)c(Cl)c1. The van der Waals surface area contributed by atoms with Crippen molar-refractivity contribution < 1.29 is 4.74 Å². The van der Waals surface area contributed by atoms with Crippen molar-refractivity contribution in [1.29, 1.82) is 0 Å². The lowest BCUT2D eigenvalue weighted by Gasteiger charge is -2.19. The third-order valence-corrected chi connectivity index (χ3v) is 6.29. The van der Waals surface area contributed by atoms with Crippen LogP contribution >= 0.6 is 58.2 Å². The van der Waals surface area contributed by atoms with Crippen molar-refractivity contribution in [2.45, 2.75) is 17.5 Å². The number of thioether (sulfide) groups is 1. The van der Waals surface area contributed by atoms with Crippen molar-refractivity contribution in [3.63, 3.8) is 0 Å². The zero-order valence-corrected chi connectivity index (χ0v) is 18.0. The maximum absolute atomic E-state index is 6.20. The number of ether oxygens (including phenoxy) is 1. The Bertz CT molecular complexity index is 889. The smallest absolute Gasteiger partial charge is 0.138 e. The molecule has 2 aromatic carbocycles. The van der Waals surface area contributed by atoms with Crippen LogP contribution in [0.25, 0.3) is 0 Å². The Hall–Kier alpha value is -1.04. The average molecular weight is 462 g/mol. The normalized spacial score (nSPS) is 12.1. The fraction of sp³-hybridized carbons (Fsp3) is 0.211. The molecule has 0 N–H and O–H groups in total. The Morgan fingerprint density at radius 2 is 1.85 bits per heavy atom. The molecule has 3 nitrogen and oxygen atoms in total. The Labute approximate surface area is 182 Å². The van der Waals surface area contributed by atoms with E-state index in [1.165, 1.54) is 0 Å². The Balaban J connectivity index is 1.65. The van der Waals surface area contributed by atoms with E-state index in [1.807, 2.05) is 29.0 Å². The first-order valence-corrected chi connectivity index (χ1v) is 10.7. The van der Waals surface area contributed by atoms with E-state index < -0.39 is 0 Å². The number of rotatable bonds is 8. The third kappa shape index (κ3) is 6.23. The zero-order valence-electron chi connectivity index (χ0n) is 14.1. The maximum atomic E-state index is 6.20. The number of nitrogens with zero attached hydrogens (tertiary/aromatic N) is 2. The number of hydrogen-bond acceptors (Lipinski definition) is 3. The highest BCUT2D eigenvalue weighted by Gasteiger charge is 2.14. The van der Waals surface area contributed by atoms with Gasteiger partial charge in [-0.05, 0) is 35.9 Å². The summed E-state index contributed by atoms with van der Waals surface area (Å²) in [5.41, 5.74) is 1.11. The quantitative estimate of drug-likeness (QED) is 0.365. The van der Waals surface area contributed by atoms with Crippen molar-refractivity contribution >= 4 is 58.2 Å². The molecular weight excluding hydrogens is 446 g/mol. The molecule has 0 saturated carbocycles. The molecule has 27 heavy (non-hydrogen) atoms. The molecule has 1 aromatic heterocycles. The minimum atomic E-state index is 0.181. The standard InChI is InChI=1S/C19H16Cl4N2OS/c20-14-2-4-19(18(23)8-14)26-10-15(9-25-6-5-24-12-25)27-11-13-1-3-16(21)17(22)7-13/h1-8,12,15H,9-11H2. The number of imidazole rings is 1. The van der Waals surface area contributed by atoms with Crippen LogP contribution in [0.2, 0.25) is 20.1 Å². The minimum Gasteiger partial charge on any atom is -0.491 e. The molecule has 8 heteroatoms. The highest BCUT2D eigenvalue weighted by molar-refractivity contribution is 7.99. The van der Waals surface area contributed by atoms with Gasteiger partial charge in [-0.25, -0.2) is 4.98 Å². The topological polar surface area (TPSA) is 27.1 Å². The molecule has 0 aliphatic rings. The molecule has 0 aliphatic carbocycles. The zero-order chi connectivity index (χ0) is 19.2. The fourth-order valence-corrected chi connectivity index (χ4v) is 4.24. The van der Waals surface area contributed by atoms with Crippen molar-refractivity contribution in [1.82, 2.24) is 9.55 Å². The second-order valence-electron chi connectivity index (χ2n) is 5.83. The summed E-state index contributed by atoms with van der Waals surface area (Å²) < 4.78 is 7.97. The van der Waals surface area contributed by atoms with Crippen LogP contribution in [-0.2, 0) is 12.3 Å². The van der Waals surface area contributed by atoms with Gasteiger partial charge < -0.3 is 9.30 Å². The molecule has 1 heterocycles. The number of aromatic nitrogens is 2. The van der Waals surface area contributed by atoms with E-state index in [0.717, 1.165) is 17.9 Å². The molecule has 0 radical (unpaired) electrons. The first kappa shape index (κ1) is 20.7. The van der Waals surface area contributed by atoms with E-state index in [-0.39, 0.29) is 5.25 Å². The van der Waals surface area contributed by atoms with Gasteiger partial charge in [0.2, 0.25) is 0 Å². The second-order valence-corrected chi connectivity index (χ2v) is 8.77. The number of benzene rings is 2. The van der Waals surface area contributed by atoms with Crippen LogP contribution in [0.5, 0.6) is 5.75 Å². The molecule has 3 rings (SSSR count). The number of halogens is 4. The summed E-state index contributed by atoms with van der Waals surface area (Å²) in [6.45, 7) is 1.25. The summed E-state index contributed by atoms with van der Waals surface area (Å²) in [4.78, 5) is 4.10. The van der Waals surface area contributed by atoms with Gasteiger partial charge in [0.15, 0.2) is 0 Å². The van der Waals surface area contributed by atoms with E-state index in [4.69, 9.17) is 51.1 Å². The van der Waals surface area contributed by atoms with Crippen LogP contribution < -0.4 is 4.74 Å². The van der Waals surface area contributed by atoms with Gasteiger partial charge in [-0.2, -0.15) is 0 Å². The van der Waals surface area contributed by atoms with Crippen LogP contribution in [0, 0.1) is 0 Å². The average Bonchev–Trinajstić information content (AvgIpc) is 3.14. The lowest BCUT2D eigenvalue weighted by atomic mass is 10.2. The highest BCUT2D eigenvalue weighted by atomic mass is 35.5. The summed E-state index contributed by atoms with van der Waals surface area (Å²) in [7, 11) is 0. The lowest BCUT2D eigenvalue weighted by molar-refractivity contribution is 0.308. The predicted octanol–water partition coefficient (Wildman–Crippen LogP) is 6.88. The van der Waals surface area contributed by atoms with Crippen LogP contribution in [0.15, 0.2) is 55.1 Å². The summed E-state index contributed by atoms with van der Waals surface area (Å²) in [5, 5.41) is 2.38. The Morgan fingerprint density at radius 1 is 1.00 bits per heavy atom. The molecule has 1 atom stereocenters. The molecule has 0 amide bonds. The molecule has 0 fully saturated rings. The summed E-state index contributed by atoms with van der Waals surface area (Å²) in [5.74, 6) is 1.40. The van der Waals surface area contributed by atoms with Crippen LogP contribution in [0.3, 0.4) is 0 Å². The fourth-order valence-electron chi connectivity index (χ4n) is 2.40. The van der Waals surface area contributed by atoms with Crippen molar-refractivity contribution in [3.8, 4) is 5.75 Å². The summed E-state index contributed by atoms with van der Waals surface area (Å²) in [6, 6.07) is 10.9. The van der Waals surface area contributed by atoms with Gasteiger partial charge in [-0.1, -0.05) is 52.5 Å². The van der Waals surface area contributed by atoms with Gasteiger partial charge >= 0.3 is 0 Å². The van der Waals surface area contributed by atoms with E-state index in [1.54, 1.807) is 42.5 Å². The first-order valence-electron chi connectivity index (χ1n) is 8.10. The third-order valence-electron chi connectivity index (χ3n) is 3.76. The van der Waals surface area contributed by atoms with Gasteiger partial charge in [0.25, 0.3) is 0 Å². The molecule has 1 unspecified atom stereocenters. The van der Waals surface area contributed by atoms with E-state index in [9.17, 15) is 0 Å². The number of hydrogen-bond donors (Lipinski definition) is 0. The lowest BCUT2D eigenvalue weighted by Crippen LogP contribution is -2.21. The van der Waals surface area contributed by atoms with Crippen molar-refractivity contribution in [2.24, 2.45) is 0 Å². The van der Waals surface area contributed by atoms with Gasteiger partial charge in [0.05, 0.1) is 26.6 Å². The van der Waals surface area contributed by atoms with Crippen molar-refractivity contribution in [2.75, 3.05) is 6.61 Å². The molecular formula is C19H16Cl4N2OS. The Morgan fingerprint density at radius 3 is 2.56 bits per heavy atom. The van der Waals surface area contributed by atoms with Crippen LogP contribution in [0.1, 0.15) is 5.56 Å². The summed E-state index contributed by atoms with van der Waals surface area (Å²) in [6.07, 6.45) is 5.49. The maximum Gasteiger partial charge on any atom is 0.138 e. The van der Waals surface area contributed by atoms with E-state index in [2.05, 4.69) is 4.98 Å². The van der Waals surface area contributed by atoms with Crippen LogP contribution in [0.4, 0.5) is 0 Å². The molecule has 0 bridgehead atoms. The molecule has 3 aromatic rings. The van der Waals surface area contributed by atoms with Gasteiger partial charge in [0, 0.05) is 29.7 Å². The minimum absolute atomic E-state index is 0.181. The largest absolute Gasteiger partial charge is 0.491 e. The monoisotopic (exact) mass is 460 g/mol. The predicted molar refractivity (Wildman–Crippen MR) is 116 cm³/mol. The molecule has 0 aliphatic heterocycles. The highest BCUT2D eigenvalue weighted by Crippen LogP contribution is 2.30. The van der Waals surface area contributed by atoms with Gasteiger partial charge in [-0.15, -0.1) is 11.8 Å². The van der Waals surface area contributed by atoms with E-state index >= 15 is 0 Å². The Kier molecular flexibility index (Phi) is 7.62. The van der Waals surface area contributed by atoms with Gasteiger partial charge in [0.1, 0.15) is 12.4 Å². The van der Waals surface area contributed by atoms with Crippen molar-refractivity contribution in [3.05, 3.63) is 80.8 Å². The van der Waals surface area contributed by atoms with E-state index in [0.29, 0.717) is 32.4 Å². The molecule has 0 saturated heterocycles. The van der Waals surface area contributed by atoms with Gasteiger partial charge in [-0.3, -0.25) is 0 Å².